The predicted molar refractivity (Wildman–Crippen MR) is 98.0 cm³/mol. The number of hydrogen-bond donors (Lipinski definition) is 1. The van der Waals surface area contributed by atoms with Crippen LogP contribution in [-0.2, 0) is 4.79 Å². The van der Waals surface area contributed by atoms with Crippen molar-refractivity contribution in [1.29, 1.82) is 0 Å². The quantitative estimate of drug-likeness (QED) is 0.894. The number of hydrogen-bond acceptors (Lipinski definition) is 4. The number of piperidine rings is 1. The lowest BCUT2D eigenvalue weighted by molar-refractivity contribution is -0.134. The number of amides is 2. The first kappa shape index (κ1) is 17.9. The molecule has 1 fully saturated rings. The van der Waals surface area contributed by atoms with Gasteiger partial charge in [0, 0.05) is 37.1 Å². The molecule has 0 unspecified atom stereocenters. The molecule has 136 valence electrons. The summed E-state index contributed by atoms with van der Waals surface area (Å²) in [4.78, 5) is 30.2. The molecule has 1 aliphatic rings. The van der Waals surface area contributed by atoms with Gasteiger partial charge in [-0.1, -0.05) is 17.7 Å². The zero-order valence-electron chi connectivity index (χ0n) is 14.9. The monoisotopic (exact) mass is 353 g/mol. The molecular formula is C20H23N3O3. The highest BCUT2D eigenvalue weighted by Gasteiger charge is 2.24. The summed E-state index contributed by atoms with van der Waals surface area (Å²) in [6, 6.07) is 11.1. The molecule has 1 saturated heterocycles. The van der Waals surface area contributed by atoms with Crippen LogP contribution in [0.25, 0.3) is 0 Å². The lowest BCUT2D eigenvalue weighted by Gasteiger charge is -2.32. The predicted octanol–water partition coefficient (Wildman–Crippen LogP) is 2.19. The fraction of sp³-hybridized carbons (Fsp3) is 0.350. The Labute approximate surface area is 153 Å². The average Bonchev–Trinajstić information content (AvgIpc) is 2.68. The fourth-order valence-corrected chi connectivity index (χ4v) is 2.92. The summed E-state index contributed by atoms with van der Waals surface area (Å²) in [5.74, 6) is 0.577. The second kappa shape index (κ2) is 8.47. The topological polar surface area (TPSA) is 71.5 Å². The molecule has 2 aromatic rings. The Hall–Kier alpha value is -2.89. The molecule has 0 bridgehead atoms. The summed E-state index contributed by atoms with van der Waals surface area (Å²) in [5.41, 5.74) is 1.75. The molecule has 1 N–H and O–H groups in total. The summed E-state index contributed by atoms with van der Waals surface area (Å²) in [6.45, 7) is 3.29. The Morgan fingerprint density at radius 3 is 2.42 bits per heavy atom. The summed E-state index contributed by atoms with van der Waals surface area (Å²) in [6.07, 6.45) is 4.69. The van der Waals surface area contributed by atoms with Crippen molar-refractivity contribution in [2.24, 2.45) is 0 Å². The molecule has 1 aromatic heterocycles. The molecule has 3 rings (SSSR count). The Bertz CT molecular complexity index is 739. The summed E-state index contributed by atoms with van der Waals surface area (Å²) >= 11 is 0. The molecule has 0 atom stereocenters. The molecule has 2 heterocycles. The number of nitrogens with zero attached hydrogens (tertiary/aromatic N) is 2. The molecule has 6 nitrogen and oxygen atoms in total. The van der Waals surface area contributed by atoms with Crippen molar-refractivity contribution in [3.63, 3.8) is 0 Å². The van der Waals surface area contributed by atoms with Gasteiger partial charge in [0.25, 0.3) is 11.8 Å². The highest BCUT2D eigenvalue weighted by Crippen LogP contribution is 2.14. The van der Waals surface area contributed by atoms with Crippen LogP contribution in [0.3, 0.4) is 0 Å². The van der Waals surface area contributed by atoms with E-state index in [0.717, 1.165) is 18.4 Å². The van der Waals surface area contributed by atoms with Crippen molar-refractivity contribution in [2.75, 3.05) is 19.7 Å². The van der Waals surface area contributed by atoms with E-state index < -0.39 is 0 Å². The van der Waals surface area contributed by atoms with E-state index in [1.54, 1.807) is 29.4 Å². The van der Waals surface area contributed by atoms with Crippen molar-refractivity contribution < 1.29 is 14.3 Å². The normalized spacial score (nSPS) is 14.7. The zero-order valence-corrected chi connectivity index (χ0v) is 14.9. The average molecular weight is 353 g/mol. The van der Waals surface area contributed by atoms with Crippen LogP contribution in [0.15, 0.2) is 48.8 Å². The number of aryl methyl sites for hydroxylation is 1. The smallest absolute Gasteiger partial charge is 0.260 e. The van der Waals surface area contributed by atoms with Gasteiger partial charge < -0.3 is 15.0 Å². The number of ether oxygens (including phenoxy) is 1. The van der Waals surface area contributed by atoms with Crippen molar-refractivity contribution in [2.45, 2.75) is 25.8 Å². The number of aromatic nitrogens is 1. The molecule has 0 spiro atoms. The second-order valence-electron chi connectivity index (χ2n) is 6.47. The van der Waals surface area contributed by atoms with E-state index in [2.05, 4.69) is 10.3 Å². The second-order valence-corrected chi connectivity index (χ2v) is 6.47. The van der Waals surface area contributed by atoms with E-state index in [1.165, 1.54) is 0 Å². The Balaban J connectivity index is 1.42. The van der Waals surface area contributed by atoms with Crippen LogP contribution >= 0.6 is 0 Å². The maximum absolute atomic E-state index is 12.3. The first-order valence-corrected chi connectivity index (χ1v) is 8.80. The van der Waals surface area contributed by atoms with E-state index in [9.17, 15) is 9.59 Å². The van der Waals surface area contributed by atoms with Gasteiger partial charge in [-0.3, -0.25) is 14.6 Å². The number of carbonyl (C=O) groups excluding carboxylic acids is 2. The third-order valence-electron chi connectivity index (χ3n) is 4.51. The Kier molecular flexibility index (Phi) is 5.84. The molecule has 2 amide bonds. The van der Waals surface area contributed by atoms with Gasteiger partial charge in [0.05, 0.1) is 0 Å². The summed E-state index contributed by atoms with van der Waals surface area (Å²) in [7, 11) is 0. The van der Waals surface area contributed by atoms with Crippen molar-refractivity contribution in [1.82, 2.24) is 15.2 Å². The molecule has 0 aliphatic carbocycles. The first-order valence-electron chi connectivity index (χ1n) is 8.80. The lowest BCUT2D eigenvalue weighted by Crippen LogP contribution is -2.47. The molecule has 26 heavy (non-hydrogen) atoms. The highest BCUT2D eigenvalue weighted by molar-refractivity contribution is 5.94. The number of likely N-dealkylation sites (tertiary alicyclic amines) is 1. The van der Waals surface area contributed by atoms with E-state index in [1.807, 2.05) is 31.2 Å². The van der Waals surface area contributed by atoms with Crippen LogP contribution < -0.4 is 10.1 Å². The SMILES string of the molecule is Cc1ccc(OCC(=O)N2CCC(NC(=O)c3ccncc3)CC2)cc1. The Morgan fingerprint density at radius 2 is 1.77 bits per heavy atom. The minimum absolute atomic E-state index is 0.0236. The van der Waals surface area contributed by atoms with Crippen LogP contribution in [0.5, 0.6) is 5.75 Å². The van der Waals surface area contributed by atoms with Gasteiger partial charge in [0.15, 0.2) is 6.61 Å². The third-order valence-corrected chi connectivity index (χ3v) is 4.51. The number of rotatable bonds is 5. The number of nitrogens with one attached hydrogen (secondary N) is 1. The third kappa shape index (κ3) is 4.81. The number of benzene rings is 1. The van der Waals surface area contributed by atoms with Gasteiger partial charge in [0.2, 0.25) is 0 Å². The highest BCUT2D eigenvalue weighted by atomic mass is 16.5. The van der Waals surface area contributed by atoms with Gasteiger partial charge in [-0.2, -0.15) is 0 Å². The number of pyridine rings is 1. The van der Waals surface area contributed by atoms with E-state index in [4.69, 9.17) is 4.74 Å². The Morgan fingerprint density at radius 1 is 1.12 bits per heavy atom. The van der Waals surface area contributed by atoms with Crippen LogP contribution in [0.1, 0.15) is 28.8 Å². The van der Waals surface area contributed by atoms with Crippen LogP contribution in [0, 0.1) is 6.92 Å². The minimum Gasteiger partial charge on any atom is -0.484 e. The van der Waals surface area contributed by atoms with Crippen molar-refractivity contribution >= 4 is 11.8 Å². The summed E-state index contributed by atoms with van der Waals surface area (Å²) in [5, 5.41) is 3.02. The standard InChI is InChI=1S/C20H23N3O3/c1-15-2-4-18(5-3-15)26-14-19(24)23-12-8-17(9-13-23)22-20(25)16-6-10-21-11-7-16/h2-7,10-11,17H,8-9,12-14H2,1H3,(H,22,25). The van der Waals surface area contributed by atoms with Crippen LogP contribution in [-0.4, -0.2) is 47.4 Å². The molecule has 0 radical (unpaired) electrons. The van der Waals surface area contributed by atoms with Crippen LogP contribution in [0.4, 0.5) is 0 Å². The maximum Gasteiger partial charge on any atom is 0.260 e. The lowest BCUT2D eigenvalue weighted by atomic mass is 10.0. The van der Waals surface area contributed by atoms with Crippen LogP contribution in [0.2, 0.25) is 0 Å². The minimum atomic E-state index is -0.0973. The van der Waals surface area contributed by atoms with Gasteiger partial charge in [-0.25, -0.2) is 0 Å². The van der Waals surface area contributed by atoms with Gasteiger partial charge in [-0.05, 0) is 44.0 Å². The van der Waals surface area contributed by atoms with E-state index in [-0.39, 0.29) is 24.5 Å². The van der Waals surface area contributed by atoms with Gasteiger partial charge in [-0.15, -0.1) is 0 Å². The zero-order chi connectivity index (χ0) is 18.4. The fourth-order valence-electron chi connectivity index (χ4n) is 2.92. The molecule has 1 aliphatic heterocycles. The first-order chi connectivity index (χ1) is 12.6. The van der Waals surface area contributed by atoms with E-state index >= 15 is 0 Å². The maximum atomic E-state index is 12.3. The van der Waals surface area contributed by atoms with Gasteiger partial charge >= 0.3 is 0 Å². The molecular weight excluding hydrogens is 330 g/mol. The number of carbonyl (C=O) groups is 2. The van der Waals surface area contributed by atoms with Crippen molar-refractivity contribution in [3.8, 4) is 5.75 Å². The molecule has 1 aromatic carbocycles. The van der Waals surface area contributed by atoms with Gasteiger partial charge in [0.1, 0.15) is 5.75 Å². The summed E-state index contributed by atoms with van der Waals surface area (Å²) < 4.78 is 5.56. The van der Waals surface area contributed by atoms with Crippen molar-refractivity contribution in [3.05, 3.63) is 59.9 Å². The molecule has 6 heteroatoms. The largest absolute Gasteiger partial charge is 0.484 e. The molecule has 0 saturated carbocycles. The van der Waals surface area contributed by atoms with E-state index in [0.29, 0.717) is 24.4 Å².